The molecule has 2 aromatic rings. The lowest BCUT2D eigenvalue weighted by atomic mass is 10.2. The van der Waals surface area contributed by atoms with Gasteiger partial charge in [0.2, 0.25) is 6.29 Å². The fourth-order valence-electron chi connectivity index (χ4n) is 1.55. The molecule has 0 aromatic heterocycles. The molecule has 2 rings (SSSR count). The molecule has 0 saturated heterocycles. The van der Waals surface area contributed by atoms with Gasteiger partial charge in [0.1, 0.15) is 5.75 Å². The number of aliphatic hydroxyl groups is 1. The number of esters is 1. The maximum absolute atomic E-state index is 11.7. The predicted octanol–water partition coefficient (Wildman–Crippen LogP) is 3.55. The molecule has 4 nitrogen and oxygen atoms in total. The average molecular weight is 327 g/mol. The second-order valence-corrected chi connectivity index (χ2v) is 4.96. The fourth-order valence-corrected chi connectivity index (χ4v) is 2.02. The van der Waals surface area contributed by atoms with Crippen LogP contribution in [-0.4, -0.2) is 24.0 Å². The molecule has 0 aliphatic rings. The van der Waals surface area contributed by atoms with Crippen LogP contribution in [0.5, 0.6) is 5.75 Å². The highest BCUT2D eigenvalue weighted by Crippen LogP contribution is 2.27. The molecular weight excluding hydrogens is 315 g/mol. The van der Waals surface area contributed by atoms with Gasteiger partial charge in [-0.3, -0.25) is 0 Å². The van der Waals surface area contributed by atoms with Gasteiger partial charge >= 0.3 is 5.97 Å². The van der Waals surface area contributed by atoms with Gasteiger partial charge in [0.05, 0.1) is 10.6 Å². The summed E-state index contributed by atoms with van der Waals surface area (Å²) in [6, 6.07) is 13.0. The van der Waals surface area contributed by atoms with Crippen molar-refractivity contribution in [1.29, 1.82) is 0 Å². The summed E-state index contributed by atoms with van der Waals surface area (Å²) in [4.78, 5) is 11.7. The third kappa shape index (κ3) is 4.63. The average Bonchev–Trinajstić information content (AvgIpc) is 2.47. The van der Waals surface area contributed by atoms with Crippen molar-refractivity contribution in [3.05, 3.63) is 64.1 Å². The van der Waals surface area contributed by atoms with Crippen molar-refractivity contribution in [3.63, 3.8) is 0 Å². The molecule has 21 heavy (non-hydrogen) atoms. The van der Waals surface area contributed by atoms with Gasteiger partial charge < -0.3 is 14.6 Å². The second-order valence-electron chi connectivity index (χ2n) is 4.11. The Morgan fingerprint density at radius 2 is 1.86 bits per heavy atom. The SMILES string of the molecule is O=C(OC(O)COc1ccc(Cl)cc1Cl)c1ccccc1. The lowest BCUT2D eigenvalue weighted by Gasteiger charge is -2.14. The van der Waals surface area contributed by atoms with Gasteiger partial charge in [-0.2, -0.15) is 0 Å². The Morgan fingerprint density at radius 3 is 2.52 bits per heavy atom. The molecule has 2 aromatic carbocycles. The molecule has 0 spiro atoms. The Balaban J connectivity index is 1.87. The summed E-state index contributed by atoms with van der Waals surface area (Å²) in [5, 5.41) is 10.4. The van der Waals surface area contributed by atoms with E-state index in [1.807, 2.05) is 0 Å². The highest BCUT2D eigenvalue weighted by molar-refractivity contribution is 6.35. The summed E-state index contributed by atoms with van der Waals surface area (Å²) >= 11 is 11.7. The molecule has 1 N–H and O–H groups in total. The van der Waals surface area contributed by atoms with E-state index in [-0.39, 0.29) is 6.61 Å². The minimum Gasteiger partial charge on any atom is -0.485 e. The smallest absolute Gasteiger partial charge is 0.340 e. The van der Waals surface area contributed by atoms with E-state index < -0.39 is 12.3 Å². The Hall–Kier alpha value is -1.75. The third-order valence-corrected chi connectivity index (χ3v) is 3.06. The molecule has 1 unspecified atom stereocenters. The zero-order chi connectivity index (χ0) is 15.2. The number of halogens is 2. The van der Waals surface area contributed by atoms with E-state index in [2.05, 4.69) is 0 Å². The number of hydrogen-bond acceptors (Lipinski definition) is 4. The van der Waals surface area contributed by atoms with Crippen molar-refractivity contribution >= 4 is 29.2 Å². The highest BCUT2D eigenvalue weighted by atomic mass is 35.5. The van der Waals surface area contributed by atoms with Crippen LogP contribution < -0.4 is 4.74 Å². The molecule has 0 aliphatic carbocycles. The molecule has 0 saturated carbocycles. The number of rotatable bonds is 5. The fraction of sp³-hybridized carbons (Fsp3) is 0.133. The summed E-state index contributed by atoms with van der Waals surface area (Å²) in [6.45, 7) is -0.236. The van der Waals surface area contributed by atoms with Crippen LogP contribution >= 0.6 is 23.2 Å². The van der Waals surface area contributed by atoms with Crippen molar-refractivity contribution in [1.82, 2.24) is 0 Å². The Kier molecular flexibility index (Phi) is 5.44. The molecule has 1 atom stereocenters. The molecule has 0 amide bonds. The number of aliphatic hydroxyl groups excluding tert-OH is 1. The van der Waals surface area contributed by atoms with E-state index in [0.717, 1.165) is 0 Å². The van der Waals surface area contributed by atoms with Crippen LogP contribution in [0.2, 0.25) is 10.0 Å². The van der Waals surface area contributed by atoms with E-state index in [0.29, 0.717) is 21.4 Å². The molecule has 0 bridgehead atoms. The monoisotopic (exact) mass is 326 g/mol. The van der Waals surface area contributed by atoms with Gasteiger partial charge in [-0.1, -0.05) is 41.4 Å². The lowest BCUT2D eigenvalue weighted by molar-refractivity contribution is -0.0851. The van der Waals surface area contributed by atoms with Crippen LogP contribution in [0.25, 0.3) is 0 Å². The molecule has 110 valence electrons. The normalized spacial score (nSPS) is 11.8. The van der Waals surface area contributed by atoms with Crippen LogP contribution in [0, 0.1) is 0 Å². The summed E-state index contributed by atoms with van der Waals surface area (Å²) in [7, 11) is 0. The van der Waals surface area contributed by atoms with Crippen LogP contribution in [0.15, 0.2) is 48.5 Å². The van der Waals surface area contributed by atoms with E-state index in [1.54, 1.807) is 42.5 Å². The maximum Gasteiger partial charge on any atom is 0.340 e. The van der Waals surface area contributed by atoms with Crippen molar-refractivity contribution in [2.45, 2.75) is 6.29 Å². The van der Waals surface area contributed by atoms with Crippen molar-refractivity contribution in [2.75, 3.05) is 6.61 Å². The number of benzene rings is 2. The van der Waals surface area contributed by atoms with E-state index in [1.165, 1.54) is 6.07 Å². The van der Waals surface area contributed by atoms with Crippen molar-refractivity contribution in [2.24, 2.45) is 0 Å². The summed E-state index contributed by atoms with van der Waals surface area (Å²) in [5.41, 5.74) is 0.348. The molecule has 0 heterocycles. The summed E-state index contributed by atoms with van der Waals surface area (Å²) < 4.78 is 10.1. The zero-order valence-corrected chi connectivity index (χ0v) is 12.3. The van der Waals surface area contributed by atoms with Gasteiger partial charge in [0, 0.05) is 5.02 Å². The number of hydrogen-bond donors (Lipinski definition) is 1. The number of ether oxygens (including phenoxy) is 2. The zero-order valence-electron chi connectivity index (χ0n) is 10.8. The third-order valence-electron chi connectivity index (χ3n) is 2.53. The predicted molar refractivity (Wildman–Crippen MR) is 79.8 cm³/mol. The van der Waals surface area contributed by atoms with Gasteiger partial charge in [0.15, 0.2) is 6.61 Å². The van der Waals surface area contributed by atoms with E-state index in [4.69, 9.17) is 32.7 Å². The van der Waals surface area contributed by atoms with Crippen molar-refractivity contribution in [3.8, 4) is 5.75 Å². The molecule has 6 heteroatoms. The Morgan fingerprint density at radius 1 is 1.14 bits per heavy atom. The summed E-state index contributed by atoms with van der Waals surface area (Å²) in [5.74, 6) is -0.287. The van der Waals surface area contributed by atoms with Crippen molar-refractivity contribution < 1.29 is 19.4 Å². The number of carbonyl (C=O) groups is 1. The largest absolute Gasteiger partial charge is 0.485 e. The Labute approximate surface area is 131 Å². The van der Waals surface area contributed by atoms with Gasteiger partial charge in [-0.25, -0.2) is 4.79 Å². The first-order valence-corrected chi connectivity index (χ1v) is 6.84. The molecular formula is C15H12Cl2O4. The maximum atomic E-state index is 11.7. The second kappa shape index (κ2) is 7.31. The molecule has 0 radical (unpaired) electrons. The Bertz CT molecular complexity index is 616. The van der Waals surface area contributed by atoms with Crippen LogP contribution in [0.3, 0.4) is 0 Å². The minimum absolute atomic E-state index is 0.236. The molecule has 0 fully saturated rings. The van der Waals surface area contributed by atoms with Gasteiger partial charge in [0.25, 0.3) is 0 Å². The first-order valence-electron chi connectivity index (χ1n) is 6.08. The first kappa shape index (κ1) is 15.6. The van der Waals surface area contributed by atoms with E-state index in [9.17, 15) is 9.90 Å². The van der Waals surface area contributed by atoms with Crippen LogP contribution in [0.1, 0.15) is 10.4 Å². The first-order chi connectivity index (χ1) is 10.1. The van der Waals surface area contributed by atoms with Gasteiger partial charge in [-0.05, 0) is 30.3 Å². The summed E-state index contributed by atoms with van der Waals surface area (Å²) in [6.07, 6.45) is -1.40. The standard InChI is InChI=1S/C15H12Cl2O4/c16-11-6-7-13(12(17)8-11)20-9-14(18)21-15(19)10-4-2-1-3-5-10/h1-8,14,18H,9H2. The number of carbonyl (C=O) groups excluding carboxylic acids is 1. The minimum atomic E-state index is -1.40. The topological polar surface area (TPSA) is 55.8 Å². The van der Waals surface area contributed by atoms with Crippen LogP contribution in [0.4, 0.5) is 0 Å². The van der Waals surface area contributed by atoms with Gasteiger partial charge in [-0.15, -0.1) is 0 Å². The quantitative estimate of drug-likeness (QED) is 0.674. The van der Waals surface area contributed by atoms with E-state index >= 15 is 0 Å². The highest BCUT2D eigenvalue weighted by Gasteiger charge is 2.14. The molecule has 0 aliphatic heterocycles. The van der Waals surface area contributed by atoms with Crippen LogP contribution in [-0.2, 0) is 4.74 Å². The lowest BCUT2D eigenvalue weighted by Crippen LogP contribution is -2.24.